The molecular formula is C30H31FO10S. The lowest BCUT2D eigenvalue weighted by atomic mass is 9.86. The first kappa shape index (κ1) is 31.1. The highest BCUT2D eigenvalue weighted by atomic mass is 32.1. The Kier molecular flexibility index (Phi) is 9.60. The first-order chi connectivity index (χ1) is 19.9. The van der Waals surface area contributed by atoms with Gasteiger partial charge in [0.25, 0.3) is 0 Å². The number of methoxy groups -OCH3 is 1. The van der Waals surface area contributed by atoms with E-state index in [0.717, 1.165) is 35.7 Å². The third-order valence-corrected chi connectivity index (χ3v) is 7.75. The van der Waals surface area contributed by atoms with Crippen molar-refractivity contribution in [2.75, 3.05) is 13.7 Å². The number of halogens is 1. The van der Waals surface area contributed by atoms with Gasteiger partial charge in [0.2, 0.25) is 11.9 Å². The molecule has 4 rings (SSSR count). The van der Waals surface area contributed by atoms with Gasteiger partial charge in [0, 0.05) is 56.4 Å². The van der Waals surface area contributed by atoms with Crippen LogP contribution in [0.5, 0.6) is 0 Å². The summed E-state index contributed by atoms with van der Waals surface area (Å²) in [7, 11) is 1.27. The summed E-state index contributed by atoms with van der Waals surface area (Å²) in [5.74, 6) is -5.47. The molecule has 42 heavy (non-hydrogen) atoms. The first-order valence-electron chi connectivity index (χ1n) is 13.1. The molecule has 0 saturated carbocycles. The van der Waals surface area contributed by atoms with Crippen molar-refractivity contribution in [3.05, 3.63) is 70.4 Å². The zero-order valence-corrected chi connectivity index (χ0v) is 24.5. The van der Waals surface area contributed by atoms with Gasteiger partial charge in [-0.1, -0.05) is 24.3 Å². The Morgan fingerprint density at radius 2 is 1.55 bits per heavy atom. The number of hydrogen-bond acceptors (Lipinski definition) is 11. The quantitative estimate of drug-likeness (QED) is 0.260. The van der Waals surface area contributed by atoms with Gasteiger partial charge in [-0.25, -0.2) is 4.39 Å². The minimum absolute atomic E-state index is 0.222. The molecular weight excluding hydrogens is 571 g/mol. The number of ether oxygens (including phenoxy) is 6. The van der Waals surface area contributed by atoms with E-state index in [1.165, 1.54) is 43.6 Å². The average Bonchev–Trinajstić information content (AvgIpc) is 3.33. The second kappa shape index (κ2) is 13.0. The number of hydrogen-bond donors (Lipinski definition) is 0. The Morgan fingerprint density at radius 1 is 0.881 bits per heavy atom. The van der Waals surface area contributed by atoms with Gasteiger partial charge in [0.1, 0.15) is 18.5 Å². The van der Waals surface area contributed by atoms with Crippen molar-refractivity contribution in [2.45, 2.75) is 64.3 Å². The Labute approximate surface area is 245 Å². The van der Waals surface area contributed by atoms with E-state index in [1.54, 1.807) is 0 Å². The number of benzene rings is 2. The Balaban J connectivity index is 1.84. The molecule has 0 spiro atoms. The first-order valence-corrected chi connectivity index (χ1v) is 13.9. The minimum Gasteiger partial charge on any atom is -0.463 e. The average molecular weight is 603 g/mol. The second-order valence-corrected chi connectivity index (χ2v) is 10.9. The van der Waals surface area contributed by atoms with E-state index in [-0.39, 0.29) is 12.0 Å². The number of carbonyl (C=O) groups excluding carboxylic acids is 4. The summed E-state index contributed by atoms with van der Waals surface area (Å²) in [5, 5.41) is 1.03. The van der Waals surface area contributed by atoms with Crippen LogP contribution in [0, 0.1) is 5.82 Å². The van der Waals surface area contributed by atoms with Crippen LogP contribution in [-0.4, -0.2) is 62.0 Å². The van der Waals surface area contributed by atoms with Crippen molar-refractivity contribution in [1.29, 1.82) is 0 Å². The molecule has 2 heterocycles. The van der Waals surface area contributed by atoms with Gasteiger partial charge >= 0.3 is 23.9 Å². The third kappa shape index (κ3) is 6.77. The van der Waals surface area contributed by atoms with Crippen molar-refractivity contribution in [3.63, 3.8) is 0 Å². The second-order valence-electron chi connectivity index (χ2n) is 9.74. The number of fused-ring (bicyclic) bond motifs is 1. The summed E-state index contributed by atoms with van der Waals surface area (Å²) in [4.78, 5) is 49.3. The topological polar surface area (TPSA) is 124 Å². The van der Waals surface area contributed by atoms with Crippen molar-refractivity contribution in [2.24, 2.45) is 0 Å². The van der Waals surface area contributed by atoms with Crippen LogP contribution in [0.2, 0.25) is 0 Å². The van der Waals surface area contributed by atoms with Crippen LogP contribution in [0.1, 0.15) is 43.7 Å². The molecule has 224 valence electrons. The van der Waals surface area contributed by atoms with Crippen LogP contribution in [0.25, 0.3) is 10.1 Å². The SMILES string of the molecule is CO[C@]1(c2ccc(F)c(Cc3cc4ccccc4s3)c2)O[C@H](COC(C)=O)[C@@H](OC(C)=O)[C@H](OC(C)=O)[C@H]1OC(C)=O. The zero-order valence-electron chi connectivity index (χ0n) is 23.7. The molecule has 12 heteroatoms. The summed E-state index contributed by atoms with van der Waals surface area (Å²) in [6, 6.07) is 13.9. The monoisotopic (exact) mass is 602 g/mol. The summed E-state index contributed by atoms with van der Waals surface area (Å²) in [5.41, 5.74) is 0.517. The predicted octanol–water partition coefficient (Wildman–Crippen LogP) is 4.19. The van der Waals surface area contributed by atoms with Gasteiger partial charge in [-0.3, -0.25) is 19.2 Å². The van der Waals surface area contributed by atoms with E-state index in [2.05, 4.69) is 0 Å². The van der Waals surface area contributed by atoms with Crippen molar-refractivity contribution in [1.82, 2.24) is 0 Å². The van der Waals surface area contributed by atoms with E-state index in [0.29, 0.717) is 5.56 Å². The molecule has 0 radical (unpaired) electrons. The maximum Gasteiger partial charge on any atom is 0.303 e. The summed E-state index contributed by atoms with van der Waals surface area (Å²) < 4.78 is 50.3. The summed E-state index contributed by atoms with van der Waals surface area (Å²) >= 11 is 1.53. The van der Waals surface area contributed by atoms with Gasteiger partial charge in [-0.05, 0) is 35.2 Å². The largest absolute Gasteiger partial charge is 0.463 e. The predicted molar refractivity (Wildman–Crippen MR) is 148 cm³/mol. The van der Waals surface area contributed by atoms with E-state index in [4.69, 9.17) is 28.4 Å². The van der Waals surface area contributed by atoms with Crippen molar-refractivity contribution >= 4 is 45.3 Å². The van der Waals surface area contributed by atoms with Crippen molar-refractivity contribution < 1.29 is 52.0 Å². The van der Waals surface area contributed by atoms with Crippen LogP contribution >= 0.6 is 11.3 Å². The molecule has 2 aromatic carbocycles. The minimum atomic E-state index is -2.00. The van der Waals surface area contributed by atoms with E-state index in [9.17, 15) is 19.2 Å². The van der Waals surface area contributed by atoms with Gasteiger partial charge in [0.05, 0.1) is 0 Å². The molecule has 0 N–H and O–H groups in total. The summed E-state index contributed by atoms with van der Waals surface area (Å²) in [6.07, 6.45) is -5.36. The lowest BCUT2D eigenvalue weighted by Crippen LogP contribution is -2.67. The molecule has 10 nitrogen and oxygen atoms in total. The molecule has 0 bridgehead atoms. The molecule has 1 aliphatic heterocycles. The molecule has 1 aliphatic rings. The fraction of sp³-hybridized carbons (Fsp3) is 0.400. The molecule has 0 unspecified atom stereocenters. The zero-order chi connectivity index (χ0) is 30.6. The fourth-order valence-corrected chi connectivity index (χ4v) is 6.11. The van der Waals surface area contributed by atoms with Crippen LogP contribution < -0.4 is 0 Å². The lowest BCUT2D eigenvalue weighted by molar-refractivity contribution is -0.367. The molecule has 5 atom stereocenters. The van der Waals surface area contributed by atoms with Crippen LogP contribution in [0.15, 0.2) is 48.5 Å². The number of thiophene rings is 1. The molecule has 1 aromatic heterocycles. The van der Waals surface area contributed by atoms with Crippen LogP contribution in [-0.2, 0) is 59.8 Å². The molecule has 1 saturated heterocycles. The highest BCUT2D eigenvalue weighted by molar-refractivity contribution is 7.19. The molecule has 3 aromatic rings. The van der Waals surface area contributed by atoms with Crippen LogP contribution in [0.3, 0.4) is 0 Å². The van der Waals surface area contributed by atoms with E-state index in [1.807, 2.05) is 30.3 Å². The maximum absolute atomic E-state index is 15.2. The van der Waals surface area contributed by atoms with Gasteiger partial charge in [0.15, 0.2) is 12.2 Å². The normalized spacial score (nSPS) is 23.7. The molecule has 0 amide bonds. The molecule has 1 fully saturated rings. The standard InChI is InChI=1S/C30H31FO10S/c1-16(32)37-15-25-27(38-17(2)33)28(39-18(3)34)29(40-19(4)35)30(36-5,41-25)22-10-11-24(31)21(12-22)14-23-13-20-8-6-7-9-26(20)42-23/h6-13,25,27-29H,14-15H2,1-5H3/t25-,27-,28+,29-,30-/m1/s1. The molecule has 0 aliphatic carbocycles. The third-order valence-electron chi connectivity index (χ3n) is 6.63. The number of carbonyl (C=O) groups is 4. The Morgan fingerprint density at radius 3 is 2.17 bits per heavy atom. The van der Waals surface area contributed by atoms with Crippen molar-refractivity contribution in [3.8, 4) is 0 Å². The summed E-state index contributed by atoms with van der Waals surface area (Å²) in [6.45, 7) is 4.14. The Hall–Kier alpha value is -3.87. The smallest absolute Gasteiger partial charge is 0.303 e. The number of rotatable bonds is 9. The number of esters is 4. The highest BCUT2D eigenvalue weighted by Gasteiger charge is 2.61. The fourth-order valence-electron chi connectivity index (χ4n) is 5.02. The maximum atomic E-state index is 15.2. The highest BCUT2D eigenvalue weighted by Crippen LogP contribution is 2.44. The van der Waals surface area contributed by atoms with E-state index < -0.39 is 66.5 Å². The van der Waals surface area contributed by atoms with Gasteiger partial charge in [-0.2, -0.15) is 0 Å². The van der Waals surface area contributed by atoms with E-state index >= 15 is 4.39 Å². The Bertz CT molecular complexity index is 1450. The van der Waals surface area contributed by atoms with Gasteiger partial charge in [-0.15, -0.1) is 11.3 Å². The van der Waals surface area contributed by atoms with Gasteiger partial charge < -0.3 is 28.4 Å². The lowest BCUT2D eigenvalue weighted by Gasteiger charge is -2.50. The van der Waals surface area contributed by atoms with Crippen LogP contribution in [0.4, 0.5) is 4.39 Å².